The molecule has 0 saturated carbocycles. The van der Waals surface area contributed by atoms with Crippen molar-refractivity contribution in [2.75, 3.05) is 5.32 Å². The minimum atomic E-state index is -4.44. The molecule has 4 rings (SSSR count). The summed E-state index contributed by atoms with van der Waals surface area (Å²) in [6.07, 6.45) is 2.73. The van der Waals surface area contributed by atoms with Crippen molar-refractivity contribution in [1.82, 2.24) is 9.55 Å². The van der Waals surface area contributed by atoms with Crippen molar-refractivity contribution in [2.24, 2.45) is 0 Å². The highest BCUT2D eigenvalue weighted by molar-refractivity contribution is 9.10. The van der Waals surface area contributed by atoms with Crippen LogP contribution in [-0.2, 0) is 12.7 Å². The highest BCUT2D eigenvalue weighted by Crippen LogP contribution is 2.35. The van der Waals surface area contributed by atoms with Gasteiger partial charge in [-0.1, -0.05) is 46.1 Å². The fourth-order valence-corrected chi connectivity index (χ4v) is 3.93. The number of imidazole rings is 1. The van der Waals surface area contributed by atoms with Crippen LogP contribution in [0.4, 0.5) is 23.5 Å². The molecule has 0 aliphatic heterocycles. The Kier molecular flexibility index (Phi) is 6.25. The molecule has 1 N–H and O–H groups in total. The minimum Gasteiger partial charge on any atom is -0.351 e. The average molecular weight is 514 g/mol. The lowest BCUT2D eigenvalue weighted by atomic mass is 10.1. The molecule has 1 heterocycles. The predicted molar refractivity (Wildman–Crippen MR) is 123 cm³/mol. The normalized spacial score (nSPS) is 11.3. The lowest BCUT2D eigenvalue weighted by Gasteiger charge is -2.12. The summed E-state index contributed by atoms with van der Waals surface area (Å²) in [5.74, 6) is 2.56. The number of nitrogens with one attached hydrogen (secondary N) is 1. The van der Waals surface area contributed by atoms with Crippen molar-refractivity contribution < 1.29 is 17.6 Å². The maximum atomic E-state index is 13.9. The summed E-state index contributed by atoms with van der Waals surface area (Å²) < 4.78 is 54.5. The lowest BCUT2D eigenvalue weighted by molar-refractivity contribution is -0.138. The molecule has 0 bridgehead atoms. The Bertz CT molecular complexity index is 1340. The van der Waals surface area contributed by atoms with Crippen LogP contribution in [0.1, 0.15) is 16.7 Å². The van der Waals surface area contributed by atoms with Gasteiger partial charge in [-0.3, -0.25) is 4.57 Å². The van der Waals surface area contributed by atoms with Crippen molar-refractivity contribution in [3.8, 4) is 29.3 Å². The van der Waals surface area contributed by atoms with Crippen molar-refractivity contribution >= 4 is 21.9 Å². The van der Waals surface area contributed by atoms with E-state index in [4.69, 9.17) is 6.42 Å². The van der Waals surface area contributed by atoms with Crippen molar-refractivity contribution in [1.29, 1.82) is 0 Å². The Morgan fingerprint density at radius 2 is 1.79 bits per heavy atom. The molecule has 33 heavy (non-hydrogen) atoms. The monoisotopic (exact) mass is 513 g/mol. The summed E-state index contributed by atoms with van der Waals surface area (Å²) in [6, 6.07) is 17.1. The second-order valence-corrected chi connectivity index (χ2v) is 8.04. The van der Waals surface area contributed by atoms with Gasteiger partial charge in [0.05, 0.1) is 16.9 Å². The molecule has 0 radical (unpaired) electrons. The van der Waals surface area contributed by atoms with Gasteiger partial charge in [0.2, 0.25) is 5.95 Å². The number of hydrogen-bond donors (Lipinski definition) is 1. The van der Waals surface area contributed by atoms with E-state index < -0.39 is 17.6 Å². The summed E-state index contributed by atoms with van der Waals surface area (Å²) >= 11 is 2.99. The highest BCUT2D eigenvalue weighted by atomic mass is 79.9. The zero-order valence-electron chi connectivity index (χ0n) is 17.0. The third-order valence-corrected chi connectivity index (χ3v) is 5.59. The number of hydrogen-bond acceptors (Lipinski definition) is 2. The van der Waals surface area contributed by atoms with Crippen LogP contribution >= 0.6 is 15.9 Å². The standard InChI is InChI=1S/C25H16BrF4N3/c1-2-16-6-9-18(10-7-16)23-15-33(20-5-3-4-19(27)13-20)24(32-23)31-14-17-8-11-21(22(26)12-17)25(28,29)30/h1,3-13,15H,14H2,(H,31,32). The van der Waals surface area contributed by atoms with Crippen molar-refractivity contribution in [3.05, 3.63) is 99.9 Å². The van der Waals surface area contributed by atoms with E-state index in [9.17, 15) is 17.6 Å². The summed E-state index contributed by atoms with van der Waals surface area (Å²) in [5, 5.41) is 3.14. The Hall–Kier alpha value is -3.57. The maximum absolute atomic E-state index is 13.9. The van der Waals surface area contributed by atoms with E-state index in [0.29, 0.717) is 22.9 Å². The molecule has 166 valence electrons. The Morgan fingerprint density at radius 3 is 2.42 bits per heavy atom. The van der Waals surface area contributed by atoms with Crippen molar-refractivity contribution in [3.63, 3.8) is 0 Å². The molecule has 0 fully saturated rings. The summed E-state index contributed by atoms with van der Waals surface area (Å²) in [4.78, 5) is 4.62. The number of halogens is 5. The molecule has 3 nitrogen and oxygen atoms in total. The molecule has 3 aromatic carbocycles. The molecular formula is C25H16BrF4N3. The smallest absolute Gasteiger partial charge is 0.351 e. The summed E-state index contributed by atoms with van der Waals surface area (Å²) in [7, 11) is 0. The topological polar surface area (TPSA) is 29.9 Å². The number of aromatic nitrogens is 2. The van der Waals surface area contributed by atoms with E-state index in [0.717, 1.165) is 17.2 Å². The van der Waals surface area contributed by atoms with E-state index in [1.807, 2.05) is 12.1 Å². The molecule has 0 amide bonds. The van der Waals surface area contributed by atoms with Gasteiger partial charge in [-0.25, -0.2) is 9.37 Å². The SMILES string of the molecule is C#Cc1ccc(-c2cn(-c3cccc(F)c3)c(NCc3ccc(C(F)(F)F)c(Br)c3)n2)cc1. The third-order valence-electron chi connectivity index (χ3n) is 4.93. The van der Waals surface area contributed by atoms with Crippen LogP contribution in [0.15, 0.2) is 77.4 Å². The maximum Gasteiger partial charge on any atom is 0.417 e. The Morgan fingerprint density at radius 1 is 1.03 bits per heavy atom. The first kappa shape index (κ1) is 22.6. The van der Waals surface area contributed by atoms with Gasteiger partial charge in [0.15, 0.2) is 0 Å². The molecule has 0 aliphatic carbocycles. The predicted octanol–water partition coefficient (Wildman–Crippen LogP) is 7.05. The molecule has 0 unspecified atom stereocenters. The molecule has 8 heteroatoms. The summed E-state index contributed by atoms with van der Waals surface area (Å²) in [5.41, 5.74) is 2.58. The number of alkyl halides is 3. The van der Waals surface area contributed by atoms with Gasteiger partial charge in [0, 0.05) is 28.3 Å². The van der Waals surface area contributed by atoms with Crippen LogP contribution in [0.5, 0.6) is 0 Å². The fourth-order valence-electron chi connectivity index (χ4n) is 3.28. The number of nitrogens with zero attached hydrogens (tertiary/aromatic N) is 2. The molecule has 0 saturated heterocycles. The number of rotatable bonds is 5. The molecule has 0 spiro atoms. The van der Waals surface area contributed by atoms with E-state index in [1.165, 1.54) is 24.3 Å². The lowest BCUT2D eigenvalue weighted by Crippen LogP contribution is -2.09. The quantitative estimate of drug-likeness (QED) is 0.229. The van der Waals surface area contributed by atoms with Gasteiger partial charge in [0.25, 0.3) is 0 Å². The van der Waals surface area contributed by atoms with Gasteiger partial charge in [0.1, 0.15) is 5.82 Å². The van der Waals surface area contributed by atoms with Crippen LogP contribution in [-0.4, -0.2) is 9.55 Å². The van der Waals surface area contributed by atoms with Gasteiger partial charge in [-0.15, -0.1) is 6.42 Å². The number of anilines is 1. The van der Waals surface area contributed by atoms with Crippen LogP contribution in [0.25, 0.3) is 16.9 Å². The zero-order chi connectivity index (χ0) is 23.6. The zero-order valence-corrected chi connectivity index (χ0v) is 18.6. The largest absolute Gasteiger partial charge is 0.417 e. The fraction of sp³-hybridized carbons (Fsp3) is 0.0800. The molecule has 0 atom stereocenters. The molecular weight excluding hydrogens is 498 g/mol. The van der Waals surface area contributed by atoms with E-state index >= 15 is 0 Å². The van der Waals surface area contributed by atoms with Gasteiger partial charge < -0.3 is 5.32 Å². The van der Waals surface area contributed by atoms with Crippen LogP contribution in [0, 0.1) is 18.2 Å². The van der Waals surface area contributed by atoms with Gasteiger partial charge >= 0.3 is 6.18 Å². The first-order chi connectivity index (χ1) is 15.7. The van der Waals surface area contributed by atoms with E-state index in [2.05, 4.69) is 32.2 Å². The Labute approximate surface area is 196 Å². The van der Waals surface area contributed by atoms with Crippen molar-refractivity contribution in [2.45, 2.75) is 12.7 Å². The molecule has 1 aromatic heterocycles. The first-order valence-corrected chi connectivity index (χ1v) is 10.6. The average Bonchev–Trinajstić information content (AvgIpc) is 3.21. The van der Waals surface area contributed by atoms with Gasteiger partial charge in [-0.05, 0) is 48.0 Å². The number of terminal acetylenes is 1. The Balaban J connectivity index is 1.67. The summed E-state index contributed by atoms with van der Waals surface area (Å²) in [6.45, 7) is 0.207. The van der Waals surface area contributed by atoms with Crippen LogP contribution in [0.2, 0.25) is 0 Å². The highest BCUT2D eigenvalue weighted by Gasteiger charge is 2.32. The minimum absolute atomic E-state index is 0.0444. The first-order valence-electron chi connectivity index (χ1n) is 9.76. The van der Waals surface area contributed by atoms with Crippen LogP contribution in [0.3, 0.4) is 0 Å². The van der Waals surface area contributed by atoms with E-state index in [-0.39, 0.29) is 11.0 Å². The van der Waals surface area contributed by atoms with E-state index in [1.54, 1.807) is 35.0 Å². The molecule has 0 aliphatic rings. The third kappa shape index (κ3) is 5.10. The van der Waals surface area contributed by atoms with Gasteiger partial charge in [-0.2, -0.15) is 13.2 Å². The molecule has 4 aromatic rings. The van der Waals surface area contributed by atoms with Crippen LogP contribution < -0.4 is 5.32 Å². The number of benzene rings is 3. The second-order valence-electron chi connectivity index (χ2n) is 7.19. The second kappa shape index (κ2) is 9.12.